The first kappa shape index (κ1) is 64.0. The second kappa shape index (κ2) is 26.6. The smallest absolute Gasteiger partial charge is 0.309 e. The summed E-state index contributed by atoms with van der Waals surface area (Å²) in [6.07, 6.45) is -6.83. The van der Waals surface area contributed by atoms with Crippen molar-refractivity contribution < 1.29 is 76.3 Å². The number of alkyl halides is 1. The predicted octanol–water partition coefficient (Wildman–Crippen LogP) is 3.70. The normalized spacial score (nSPS) is 38.8. The molecule has 22 heteroatoms. The van der Waals surface area contributed by atoms with Crippen molar-refractivity contribution in [3.8, 4) is 0 Å². The van der Waals surface area contributed by atoms with E-state index in [0.717, 1.165) is 0 Å². The minimum Gasteiger partial charge on any atom is -0.459 e. The van der Waals surface area contributed by atoms with Gasteiger partial charge < -0.3 is 68.5 Å². The van der Waals surface area contributed by atoms with Crippen LogP contribution in [0.4, 0.5) is 4.39 Å². The Kier molecular flexibility index (Phi) is 22.4. The number of benzene rings is 1. The number of aliphatic hydroxyl groups is 5. The molecule has 2 aromatic rings. The number of halogens is 1. The molecule has 0 saturated carbocycles. The summed E-state index contributed by atoms with van der Waals surface area (Å²) in [7, 11) is 4.49. The quantitative estimate of drug-likeness (QED) is 0.133. The van der Waals surface area contributed by atoms with Crippen LogP contribution in [0.1, 0.15) is 118 Å². The van der Waals surface area contributed by atoms with Crippen molar-refractivity contribution >= 4 is 15.8 Å². The van der Waals surface area contributed by atoms with Crippen LogP contribution in [0.3, 0.4) is 0 Å². The number of ether oxygens (including phenoxy) is 7. The molecule has 0 aliphatic carbocycles. The van der Waals surface area contributed by atoms with Crippen LogP contribution in [0.15, 0.2) is 35.4 Å². The molecule has 1 unspecified atom stereocenters. The zero-order chi connectivity index (χ0) is 56.8. The summed E-state index contributed by atoms with van der Waals surface area (Å²) >= 11 is 0. The first-order chi connectivity index (χ1) is 35.5. The zero-order valence-electron chi connectivity index (χ0n) is 47.6. The van der Waals surface area contributed by atoms with E-state index in [1.54, 1.807) is 59.9 Å². The van der Waals surface area contributed by atoms with E-state index in [1.165, 1.54) is 45.1 Å². The summed E-state index contributed by atoms with van der Waals surface area (Å²) in [5, 5.41) is 68.9. The van der Waals surface area contributed by atoms with E-state index in [1.807, 2.05) is 44.7 Å². The third-order valence-electron chi connectivity index (χ3n) is 17.0. The number of aromatic nitrogens is 3. The number of hydrogen-bond donors (Lipinski definition) is 5. The largest absolute Gasteiger partial charge is 0.459 e. The number of esters is 1. The molecule has 3 saturated heterocycles. The van der Waals surface area contributed by atoms with Gasteiger partial charge in [0.1, 0.15) is 48.8 Å². The fraction of sp³-hybridized carbons (Fsp3) is 0.833. The van der Waals surface area contributed by atoms with Gasteiger partial charge >= 0.3 is 5.97 Å². The topological polar surface area (TPSA) is 254 Å². The number of aliphatic hydroxyl groups excluding tert-OH is 3. The van der Waals surface area contributed by atoms with Gasteiger partial charge in [-0.15, -0.1) is 5.10 Å². The maximum atomic E-state index is 14.9. The summed E-state index contributed by atoms with van der Waals surface area (Å²) in [5.41, 5.74) is -3.47. The number of rotatable bonds is 18. The summed E-state index contributed by atoms with van der Waals surface area (Å²) in [4.78, 5) is 18.7. The molecule has 1 aromatic carbocycles. The van der Waals surface area contributed by atoms with Crippen LogP contribution in [0, 0.1) is 23.7 Å². The lowest BCUT2D eigenvalue weighted by molar-refractivity contribution is -0.302. The summed E-state index contributed by atoms with van der Waals surface area (Å²) in [6, 6.07) is 4.09. The van der Waals surface area contributed by atoms with Gasteiger partial charge in [0, 0.05) is 71.5 Å². The van der Waals surface area contributed by atoms with Crippen molar-refractivity contribution in [2.75, 3.05) is 67.5 Å². The van der Waals surface area contributed by atoms with E-state index in [2.05, 4.69) is 10.3 Å². The maximum Gasteiger partial charge on any atom is 0.309 e. The summed E-state index contributed by atoms with van der Waals surface area (Å²) in [5.74, 6) is -3.53. The van der Waals surface area contributed by atoms with Gasteiger partial charge in [0.2, 0.25) is 0 Å². The molecule has 76 heavy (non-hydrogen) atoms. The number of cyclic esters (lactones) is 1. The Morgan fingerprint density at radius 2 is 1.63 bits per heavy atom. The Morgan fingerprint density at radius 1 is 0.974 bits per heavy atom. The van der Waals surface area contributed by atoms with Crippen molar-refractivity contribution in [2.45, 2.75) is 202 Å². The van der Waals surface area contributed by atoms with E-state index < -0.39 is 136 Å². The van der Waals surface area contributed by atoms with E-state index in [9.17, 15) is 43.1 Å². The van der Waals surface area contributed by atoms with Crippen molar-refractivity contribution in [3.63, 3.8) is 0 Å². The van der Waals surface area contributed by atoms with E-state index in [4.69, 9.17) is 33.2 Å². The van der Waals surface area contributed by atoms with Crippen LogP contribution in [0.2, 0.25) is 0 Å². The monoisotopic (exact) mass is 1100 g/mol. The third kappa shape index (κ3) is 14.6. The molecule has 436 valence electrons. The lowest BCUT2D eigenvalue weighted by Gasteiger charge is -2.51. The van der Waals surface area contributed by atoms with Crippen molar-refractivity contribution in [1.82, 2.24) is 24.8 Å². The first-order valence-corrected chi connectivity index (χ1v) is 28.6. The highest BCUT2D eigenvalue weighted by Crippen LogP contribution is 2.45. The first-order valence-electron chi connectivity index (χ1n) is 26.9. The number of likely N-dealkylation sites (N-methyl/N-ethyl adjacent to an activating group) is 2. The third-order valence-corrected chi connectivity index (χ3v) is 18.7. The Labute approximate surface area is 450 Å². The molecular weight excluding hydrogens is 1010 g/mol. The highest BCUT2D eigenvalue weighted by Gasteiger charge is 2.55. The van der Waals surface area contributed by atoms with Crippen molar-refractivity contribution in [1.29, 1.82) is 0 Å². The molecule has 1 aromatic heterocycles. The van der Waals surface area contributed by atoms with Gasteiger partial charge in [0.05, 0.1) is 64.5 Å². The lowest BCUT2D eigenvalue weighted by Crippen LogP contribution is -2.62. The Balaban J connectivity index is 1.43. The molecule has 20 atom stereocenters. The molecule has 5 N–H and O–H groups in total. The highest BCUT2D eigenvalue weighted by atomic mass is 32.2. The second-order valence-corrected chi connectivity index (χ2v) is 25.1. The number of sulfone groups is 1. The van der Waals surface area contributed by atoms with Gasteiger partial charge in [0.25, 0.3) is 0 Å². The molecule has 0 radical (unpaired) electrons. The summed E-state index contributed by atoms with van der Waals surface area (Å²) < 4.78 is 84.6. The van der Waals surface area contributed by atoms with Crippen molar-refractivity contribution in [2.24, 2.45) is 23.7 Å². The Bertz CT molecular complexity index is 2240. The van der Waals surface area contributed by atoms with Crippen molar-refractivity contribution in [3.05, 3.63) is 41.7 Å². The second-order valence-electron chi connectivity index (χ2n) is 23.0. The predicted molar refractivity (Wildman–Crippen MR) is 281 cm³/mol. The van der Waals surface area contributed by atoms with Gasteiger partial charge in [-0.05, 0) is 104 Å². The SMILES string of the molecule is CC[C@H]1OC(=O)[C@H](C)[C@@H](C2C[C@@](C)(OC)[C@@H](O)[C@H](C)O2)[C@H](C)[C@@H](O[C@@H]2O[C@H](C)C[C@H](N(C)CCc3cn([C@H](CF)[C@H](OC)c4ccc(S(=O)(=O)CCOC)cc4)nn3)[C@H]2O)[C@](C)(O)C[C@@H](C)CN(C)[C@H](C)[C@@H](O)[C@]1(C)O. The van der Waals surface area contributed by atoms with Crippen LogP contribution >= 0.6 is 0 Å². The molecule has 0 spiro atoms. The van der Waals surface area contributed by atoms with Crippen LogP contribution in [0.5, 0.6) is 0 Å². The van der Waals surface area contributed by atoms with Crippen LogP contribution in [0.25, 0.3) is 0 Å². The Morgan fingerprint density at radius 3 is 2.22 bits per heavy atom. The molecule has 0 amide bonds. The molecule has 4 heterocycles. The molecule has 3 aliphatic heterocycles. The number of methoxy groups -OCH3 is 3. The van der Waals surface area contributed by atoms with Gasteiger partial charge in [0.15, 0.2) is 16.1 Å². The molecular formula is C54H92FN5O15S. The van der Waals surface area contributed by atoms with E-state index in [-0.39, 0.29) is 42.4 Å². The average Bonchev–Trinajstić information content (AvgIpc) is 3.84. The Hall–Kier alpha value is -2.81. The molecule has 3 aliphatic rings. The summed E-state index contributed by atoms with van der Waals surface area (Å²) in [6.45, 7) is 17.7. The van der Waals surface area contributed by atoms with E-state index in [0.29, 0.717) is 37.2 Å². The average molecular weight is 1100 g/mol. The number of nitrogens with zero attached hydrogens (tertiary/aromatic N) is 5. The highest BCUT2D eigenvalue weighted by molar-refractivity contribution is 7.91. The fourth-order valence-electron chi connectivity index (χ4n) is 12.2. The van der Waals surface area contributed by atoms with Crippen LogP contribution < -0.4 is 0 Å². The van der Waals surface area contributed by atoms with Gasteiger partial charge in [-0.3, -0.25) is 4.79 Å². The fourth-order valence-corrected chi connectivity index (χ4v) is 13.4. The van der Waals surface area contributed by atoms with E-state index >= 15 is 0 Å². The minimum absolute atomic E-state index is 0.0495. The minimum atomic E-state index is -3.58. The molecule has 20 nitrogen and oxygen atoms in total. The van der Waals surface area contributed by atoms with Gasteiger partial charge in [-0.1, -0.05) is 45.0 Å². The molecule has 5 rings (SSSR count). The molecule has 0 bridgehead atoms. The zero-order valence-corrected chi connectivity index (χ0v) is 48.4. The van der Waals surface area contributed by atoms with Gasteiger partial charge in [-0.25, -0.2) is 17.5 Å². The van der Waals surface area contributed by atoms with Gasteiger partial charge in [-0.2, -0.15) is 0 Å². The maximum absolute atomic E-state index is 14.9. The van der Waals surface area contributed by atoms with Crippen LogP contribution in [-0.4, -0.2) is 216 Å². The molecule has 3 fully saturated rings. The number of hydrogen-bond acceptors (Lipinski definition) is 19. The number of carbonyl (C=O) groups is 1. The standard InChI is InChI=1S/C54H92FN5O15S/c1-16-43-54(10,66)47(62)35(6)59(12)29-31(2)26-52(8,65)49(33(4)44(34(5)50(64)74-43)42-27-53(9,71-15)48(63)36(7)73-42)75-51-45(61)40(25-32(3)72-51)58(11)22-21-38-30-60(57-56-38)41(28-55)46(70-14)37-17-19-39(20-18-37)76(67,68)24-23-69-13/h17-20,30-36,40-49,51,61-63,65-66H,16,21-29H2,1-15H3/t31-,32-,33+,34-,35-,36+,40+,41-,42?,43-,44+,45-,46-,47-,48+,49-,51+,52-,53-,54-/m1/s1. The lowest BCUT2D eigenvalue weighted by atomic mass is 9.68. The number of carbonyl (C=O) groups excluding carboxylic acids is 1. The van der Waals surface area contributed by atoms with Crippen LogP contribution in [-0.2, 0) is 54.2 Å².